The number of nitrogens with one attached hydrogen (secondary N) is 1. The van der Waals surface area contributed by atoms with Crippen molar-refractivity contribution in [1.29, 1.82) is 0 Å². The summed E-state index contributed by atoms with van der Waals surface area (Å²) in [6.07, 6.45) is 2.48. The third-order valence-electron chi connectivity index (χ3n) is 3.70. The van der Waals surface area contributed by atoms with Gasteiger partial charge in [-0.2, -0.15) is 0 Å². The molecule has 0 atom stereocenters. The van der Waals surface area contributed by atoms with Crippen molar-refractivity contribution in [3.8, 4) is 0 Å². The molecule has 1 aliphatic rings. The minimum Gasteiger partial charge on any atom is -0.348 e. The van der Waals surface area contributed by atoms with Crippen molar-refractivity contribution in [2.75, 3.05) is 32.1 Å². The Labute approximate surface area is 120 Å². The van der Waals surface area contributed by atoms with E-state index in [2.05, 4.69) is 48.4 Å². The fraction of sp³-hybridized carbons (Fsp3) is 0.786. The van der Waals surface area contributed by atoms with Crippen molar-refractivity contribution in [3.63, 3.8) is 0 Å². The molecule has 2 heterocycles. The Balaban J connectivity index is 1.86. The van der Waals surface area contributed by atoms with Gasteiger partial charge in [0.1, 0.15) is 0 Å². The van der Waals surface area contributed by atoms with Crippen LogP contribution in [-0.2, 0) is 6.54 Å². The number of nitrogens with zero attached hydrogens (tertiary/aromatic N) is 3. The Hall–Kier alpha value is -0.650. The Morgan fingerprint density at radius 2 is 2.11 bits per heavy atom. The van der Waals surface area contributed by atoms with Crippen molar-refractivity contribution in [3.05, 3.63) is 11.1 Å². The van der Waals surface area contributed by atoms with E-state index in [4.69, 9.17) is 4.98 Å². The van der Waals surface area contributed by atoms with E-state index >= 15 is 0 Å². The quantitative estimate of drug-likeness (QED) is 0.897. The van der Waals surface area contributed by atoms with Gasteiger partial charge in [0.15, 0.2) is 5.13 Å². The van der Waals surface area contributed by atoms with E-state index in [1.807, 2.05) is 0 Å². The minimum absolute atomic E-state index is 0.515. The largest absolute Gasteiger partial charge is 0.348 e. The maximum atomic E-state index is 4.74. The first kappa shape index (κ1) is 14.8. The van der Waals surface area contributed by atoms with Gasteiger partial charge in [-0.3, -0.25) is 0 Å². The van der Waals surface area contributed by atoms with Gasteiger partial charge >= 0.3 is 0 Å². The molecule has 0 saturated carbocycles. The van der Waals surface area contributed by atoms with Crippen LogP contribution in [0, 0.1) is 0 Å². The lowest BCUT2D eigenvalue weighted by atomic mass is 10.0. The summed E-state index contributed by atoms with van der Waals surface area (Å²) in [6.45, 7) is 7.47. The molecule has 0 spiro atoms. The van der Waals surface area contributed by atoms with E-state index in [1.165, 1.54) is 23.7 Å². The number of anilines is 1. The first-order chi connectivity index (χ1) is 9.06. The van der Waals surface area contributed by atoms with Gasteiger partial charge in [0.25, 0.3) is 0 Å². The van der Waals surface area contributed by atoms with Crippen LogP contribution >= 0.6 is 11.3 Å². The summed E-state index contributed by atoms with van der Waals surface area (Å²) in [5.74, 6) is 0. The predicted octanol–water partition coefficient (Wildman–Crippen LogP) is 2.17. The number of aromatic nitrogens is 1. The Kier molecular flexibility index (Phi) is 5.19. The molecular weight excluding hydrogens is 256 g/mol. The molecular formula is C14H26N4S. The Bertz CT molecular complexity index is 381. The van der Waals surface area contributed by atoms with Crippen molar-refractivity contribution in [2.24, 2.45) is 0 Å². The van der Waals surface area contributed by atoms with E-state index in [0.717, 1.165) is 25.7 Å². The SMILES string of the molecule is CC(C)NCc1csc(N2CCC(N(C)C)CC2)n1. The Morgan fingerprint density at radius 1 is 1.42 bits per heavy atom. The van der Waals surface area contributed by atoms with Crippen LogP contribution in [0.5, 0.6) is 0 Å². The summed E-state index contributed by atoms with van der Waals surface area (Å²) in [4.78, 5) is 9.52. The molecule has 1 aromatic rings. The second kappa shape index (κ2) is 6.68. The lowest BCUT2D eigenvalue weighted by Gasteiger charge is -2.35. The highest BCUT2D eigenvalue weighted by atomic mass is 32.1. The van der Waals surface area contributed by atoms with Crippen molar-refractivity contribution >= 4 is 16.5 Å². The lowest BCUT2D eigenvalue weighted by Crippen LogP contribution is -2.41. The van der Waals surface area contributed by atoms with Gasteiger partial charge in [-0.1, -0.05) is 13.8 Å². The summed E-state index contributed by atoms with van der Waals surface area (Å²) < 4.78 is 0. The van der Waals surface area contributed by atoms with Crippen LogP contribution in [0.4, 0.5) is 5.13 Å². The highest BCUT2D eigenvalue weighted by Crippen LogP contribution is 2.25. The molecule has 108 valence electrons. The molecule has 0 aromatic carbocycles. The summed E-state index contributed by atoms with van der Waals surface area (Å²) in [5.41, 5.74) is 1.17. The van der Waals surface area contributed by atoms with Gasteiger partial charge < -0.3 is 15.1 Å². The monoisotopic (exact) mass is 282 g/mol. The van der Waals surface area contributed by atoms with E-state index in [-0.39, 0.29) is 0 Å². The predicted molar refractivity (Wildman–Crippen MR) is 83.0 cm³/mol. The molecule has 2 rings (SSSR count). The smallest absolute Gasteiger partial charge is 0.185 e. The van der Waals surface area contributed by atoms with E-state index in [0.29, 0.717) is 6.04 Å². The molecule has 4 nitrogen and oxygen atoms in total. The molecule has 1 aliphatic heterocycles. The minimum atomic E-state index is 0.515. The third-order valence-corrected chi connectivity index (χ3v) is 4.65. The van der Waals surface area contributed by atoms with Crippen LogP contribution < -0.4 is 10.2 Å². The van der Waals surface area contributed by atoms with E-state index < -0.39 is 0 Å². The molecule has 0 radical (unpaired) electrons. The highest BCUT2D eigenvalue weighted by Gasteiger charge is 2.22. The molecule has 0 unspecified atom stereocenters. The summed E-state index contributed by atoms with van der Waals surface area (Å²) in [7, 11) is 4.36. The van der Waals surface area contributed by atoms with Gasteiger partial charge in [0.2, 0.25) is 0 Å². The summed E-state index contributed by atoms with van der Waals surface area (Å²) >= 11 is 1.78. The van der Waals surface area contributed by atoms with Gasteiger partial charge in [-0.05, 0) is 26.9 Å². The number of hydrogen-bond donors (Lipinski definition) is 1. The normalized spacial score (nSPS) is 17.7. The van der Waals surface area contributed by atoms with Crippen LogP contribution in [0.3, 0.4) is 0 Å². The second-order valence-electron chi connectivity index (χ2n) is 5.84. The van der Waals surface area contributed by atoms with Crippen molar-refractivity contribution in [2.45, 2.75) is 45.3 Å². The van der Waals surface area contributed by atoms with Crippen molar-refractivity contribution in [1.82, 2.24) is 15.2 Å². The molecule has 1 aromatic heterocycles. The molecule has 0 amide bonds. The molecule has 0 aliphatic carbocycles. The zero-order chi connectivity index (χ0) is 13.8. The fourth-order valence-electron chi connectivity index (χ4n) is 2.40. The maximum Gasteiger partial charge on any atom is 0.185 e. The third kappa shape index (κ3) is 4.16. The second-order valence-corrected chi connectivity index (χ2v) is 6.68. The lowest BCUT2D eigenvalue weighted by molar-refractivity contribution is 0.249. The number of piperidine rings is 1. The average Bonchev–Trinajstić information content (AvgIpc) is 2.85. The van der Waals surface area contributed by atoms with Gasteiger partial charge in [0.05, 0.1) is 5.69 Å². The zero-order valence-electron chi connectivity index (χ0n) is 12.5. The molecule has 1 fully saturated rings. The van der Waals surface area contributed by atoms with Crippen LogP contribution in [0.1, 0.15) is 32.4 Å². The molecule has 1 saturated heterocycles. The first-order valence-corrected chi connectivity index (χ1v) is 8.03. The number of hydrogen-bond acceptors (Lipinski definition) is 5. The highest BCUT2D eigenvalue weighted by molar-refractivity contribution is 7.13. The van der Waals surface area contributed by atoms with E-state index in [9.17, 15) is 0 Å². The van der Waals surface area contributed by atoms with Crippen LogP contribution in [0.2, 0.25) is 0 Å². The average molecular weight is 282 g/mol. The van der Waals surface area contributed by atoms with Crippen LogP contribution in [0.15, 0.2) is 5.38 Å². The first-order valence-electron chi connectivity index (χ1n) is 7.15. The van der Waals surface area contributed by atoms with Crippen LogP contribution in [-0.4, -0.2) is 49.2 Å². The summed E-state index contributed by atoms with van der Waals surface area (Å²) in [6, 6.07) is 1.25. The van der Waals surface area contributed by atoms with Gasteiger partial charge in [-0.25, -0.2) is 4.98 Å². The Morgan fingerprint density at radius 3 is 2.68 bits per heavy atom. The fourth-order valence-corrected chi connectivity index (χ4v) is 3.28. The van der Waals surface area contributed by atoms with Crippen LogP contribution in [0.25, 0.3) is 0 Å². The van der Waals surface area contributed by atoms with Gasteiger partial charge in [0, 0.05) is 37.1 Å². The molecule has 5 heteroatoms. The summed E-state index contributed by atoms with van der Waals surface area (Å²) in [5, 5.41) is 6.79. The van der Waals surface area contributed by atoms with Crippen molar-refractivity contribution < 1.29 is 0 Å². The molecule has 0 bridgehead atoms. The van der Waals surface area contributed by atoms with Gasteiger partial charge in [-0.15, -0.1) is 11.3 Å². The van der Waals surface area contributed by atoms with E-state index in [1.54, 1.807) is 11.3 Å². The molecule has 1 N–H and O–H groups in total. The standard InChI is InChI=1S/C14H26N4S/c1-11(2)15-9-12-10-19-14(16-12)18-7-5-13(6-8-18)17(3)4/h10-11,13,15H,5-9H2,1-4H3. The maximum absolute atomic E-state index is 4.74. The number of thiazole rings is 1. The topological polar surface area (TPSA) is 31.4 Å². The molecule has 19 heavy (non-hydrogen) atoms. The number of rotatable bonds is 5. The zero-order valence-corrected chi connectivity index (χ0v) is 13.3.